The SMILES string of the molecule is C[C@H]1CC(F)c2nc3cc(F)c(-c4cnc(C(C)(C)O)nc4)cn3c21. The van der Waals surface area contributed by atoms with Gasteiger partial charge >= 0.3 is 0 Å². The molecule has 1 aliphatic carbocycles. The van der Waals surface area contributed by atoms with Crippen molar-refractivity contribution in [3.8, 4) is 11.1 Å². The van der Waals surface area contributed by atoms with Crippen LogP contribution in [0.3, 0.4) is 0 Å². The maximum absolute atomic E-state index is 14.5. The highest BCUT2D eigenvalue weighted by Crippen LogP contribution is 2.42. The number of nitrogens with zero attached hydrogens (tertiary/aromatic N) is 4. The molecule has 130 valence electrons. The number of hydrogen-bond acceptors (Lipinski definition) is 4. The molecule has 25 heavy (non-hydrogen) atoms. The van der Waals surface area contributed by atoms with E-state index in [9.17, 15) is 13.9 Å². The monoisotopic (exact) mass is 344 g/mol. The predicted octanol–water partition coefficient (Wildman–Crippen LogP) is 3.68. The van der Waals surface area contributed by atoms with E-state index in [2.05, 4.69) is 15.0 Å². The van der Waals surface area contributed by atoms with E-state index in [1.807, 2.05) is 6.92 Å². The summed E-state index contributed by atoms with van der Waals surface area (Å²) in [6.07, 6.45) is 3.86. The van der Waals surface area contributed by atoms with Crippen LogP contribution in [0.2, 0.25) is 0 Å². The third-order valence-corrected chi connectivity index (χ3v) is 4.61. The lowest BCUT2D eigenvalue weighted by Crippen LogP contribution is -2.19. The van der Waals surface area contributed by atoms with Gasteiger partial charge in [0.1, 0.15) is 23.2 Å². The molecule has 0 radical (unpaired) electrons. The van der Waals surface area contributed by atoms with Crippen LogP contribution in [0.1, 0.15) is 56.5 Å². The average molecular weight is 344 g/mol. The molecule has 2 atom stereocenters. The van der Waals surface area contributed by atoms with E-state index >= 15 is 0 Å². The van der Waals surface area contributed by atoms with Gasteiger partial charge < -0.3 is 9.51 Å². The first-order chi connectivity index (χ1) is 11.8. The van der Waals surface area contributed by atoms with E-state index in [-0.39, 0.29) is 11.7 Å². The van der Waals surface area contributed by atoms with Crippen molar-refractivity contribution in [1.29, 1.82) is 0 Å². The van der Waals surface area contributed by atoms with Gasteiger partial charge in [-0.15, -0.1) is 0 Å². The molecule has 0 fully saturated rings. The molecule has 0 bridgehead atoms. The Morgan fingerprint density at radius 3 is 2.60 bits per heavy atom. The quantitative estimate of drug-likeness (QED) is 0.770. The molecule has 0 saturated heterocycles. The molecule has 3 aromatic rings. The van der Waals surface area contributed by atoms with Crippen molar-refractivity contribution >= 4 is 5.65 Å². The highest BCUT2D eigenvalue weighted by molar-refractivity contribution is 5.65. The van der Waals surface area contributed by atoms with E-state index in [1.165, 1.54) is 18.5 Å². The highest BCUT2D eigenvalue weighted by atomic mass is 19.1. The Hall–Kier alpha value is -2.41. The number of rotatable bonds is 2. The van der Waals surface area contributed by atoms with Gasteiger partial charge in [-0.25, -0.2) is 23.7 Å². The summed E-state index contributed by atoms with van der Waals surface area (Å²) in [6, 6.07) is 1.30. The Balaban J connectivity index is 1.85. The summed E-state index contributed by atoms with van der Waals surface area (Å²) in [5, 5.41) is 9.93. The van der Waals surface area contributed by atoms with Crippen LogP contribution in [0.5, 0.6) is 0 Å². The summed E-state index contributed by atoms with van der Waals surface area (Å²) >= 11 is 0. The zero-order chi connectivity index (χ0) is 17.9. The second-order valence-electron chi connectivity index (χ2n) is 7.10. The number of fused-ring (bicyclic) bond motifs is 3. The number of aliphatic hydroxyl groups is 1. The largest absolute Gasteiger partial charge is 0.382 e. The van der Waals surface area contributed by atoms with Gasteiger partial charge in [0.2, 0.25) is 0 Å². The fraction of sp³-hybridized carbons (Fsp3) is 0.389. The molecular formula is C18H18F2N4O. The first-order valence-electron chi connectivity index (χ1n) is 8.16. The molecule has 7 heteroatoms. The van der Waals surface area contributed by atoms with Crippen LogP contribution < -0.4 is 0 Å². The third-order valence-electron chi connectivity index (χ3n) is 4.61. The van der Waals surface area contributed by atoms with Gasteiger partial charge in [-0.3, -0.25) is 0 Å². The van der Waals surface area contributed by atoms with Crippen molar-refractivity contribution in [2.45, 2.75) is 44.9 Å². The first-order valence-corrected chi connectivity index (χ1v) is 8.16. The fourth-order valence-corrected chi connectivity index (χ4v) is 3.35. The van der Waals surface area contributed by atoms with Crippen molar-refractivity contribution in [2.75, 3.05) is 0 Å². The van der Waals surface area contributed by atoms with Crippen LogP contribution in [0.25, 0.3) is 16.8 Å². The molecular weight excluding hydrogens is 326 g/mol. The van der Waals surface area contributed by atoms with Gasteiger partial charge in [-0.05, 0) is 20.3 Å². The summed E-state index contributed by atoms with van der Waals surface area (Å²) < 4.78 is 30.4. The van der Waals surface area contributed by atoms with Gasteiger partial charge in [0, 0.05) is 41.7 Å². The number of halogens is 2. The number of imidazole rings is 1. The van der Waals surface area contributed by atoms with Crippen molar-refractivity contribution in [3.05, 3.63) is 47.7 Å². The third kappa shape index (κ3) is 2.50. The lowest BCUT2D eigenvalue weighted by molar-refractivity contribution is 0.0687. The zero-order valence-corrected chi connectivity index (χ0v) is 14.2. The number of alkyl halides is 1. The van der Waals surface area contributed by atoms with E-state index in [1.54, 1.807) is 24.4 Å². The molecule has 5 nitrogen and oxygen atoms in total. The molecule has 0 amide bonds. The Morgan fingerprint density at radius 2 is 1.96 bits per heavy atom. The minimum Gasteiger partial charge on any atom is -0.382 e. The summed E-state index contributed by atoms with van der Waals surface area (Å²) in [7, 11) is 0. The number of pyridine rings is 1. The summed E-state index contributed by atoms with van der Waals surface area (Å²) in [5.41, 5.74) is 1.21. The number of hydrogen-bond donors (Lipinski definition) is 1. The molecule has 0 aromatic carbocycles. The Kier molecular flexibility index (Phi) is 3.40. The van der Waals surface area contributed by atoms with Gasteiger partial charge in [0.05, 0.1) is 11.4 Å². The van der Waals surface area contributed by atoms with Crippen molar-refractivity contribution in [2.24, 2.45) is 0 Å². The smallest absolute Gasteiger partial charge is 0.159 e. The Morgan fingerprint density at radius 1 is 1.28 bits per heavy atom. The normalized spacial score (nSPS) is 20.2. The van der Waals surface area contributed by atoms with Crippen LogP contribution >= 0.6 is 0 Å². The summed E-state index contributed by atoms with van der Waals surface area (Å²) in [4.78, 5) is 12.5. The second-order valence-corrected chi connectivity index (χ2v) is 7.10. The molecule has 0 saturated carbocycles. The molecule has 0 spiro atoms. The topological polar surface area (TPSA) is 63.3 Å². The lowest BCUT2D eigenvalue weighted by atomic mass is 10.1. The van der Waals surface area contributed by atoms with E-state index in [0.717, 1.165) is 5.69 Å². The Labute approximate surface area is 143 Å². The molecule has 4 rings (SSSR count). The maximum Gasteiger partial charge on any atom is 0.159 e. The first kappa shape index (κ1) is 16.1. The molecule has 1 unspecified atom stereocenters. The fourth-order valence-electron chi connectivity index (χ4n) is 3.35. The van der Waals surface area contributed by atoms with E-state index in [4.69, 9.17) is 0 Å². The zero-order valence-electron chi connectivity index (χ0n) is 14.2. The molecule has 1 aliphatic rings. The number of aromatic nitrogens is 4. The standard InChI is InChI=1S/C18H18F2N4O/c1-9-4-13(20)15-16(9)24-8-11(12(19)5-14(24)23-15)10-6-21-17(22-7-10)18(2,3)25/h5-9,13,25H,4H2,1-3H3/t9-,13?/m0/s1. The van der Waals surface area contributed by atoms with Gasteiger partial charge in [-0.2, -0.15) is 0 Å². The van der Waals surface area contributed by atoms with Crippen LogP contribution in [-0.4, -0.2) is 24.5 Å². The summed E-state index contributed by atoms with van der Waals surface area (Å²) in [6.45, 7) is 5.10. The lowest BCUT2D eigenvalue weighted by Gasteiger charge is -2.15. The van der Waals surface area contributed by atoms with Crippen LogP contribution in [-0.2, 0) is 5.60 Å². The van der Waals surface area contributed by atoms with Crippen LogP contribution in [0.15, 0.2) is 24.7 Å². The highest BCUT2D eigenvalue weighted by Gasteiger charge is 2.33. The van der Waals surface area contributed by atoms with Crippen molar-refractivity contribution in [3.63, 3.8) is 0 Å². The van der Waals surface area contributed by atoms with Gasteiger partial charge in [0.15, 0.2) is 5.82 Å². The minimum atomic E-state index is -1.17. The Bertz CT molecular complexity index is 960. The van der Waals surface area contributed by atoms with E-state index in [0.29, 0.717) is 28.9 Å². The van der Waals surface area contributed by atoms with E-state index < -0.39 is 17.6 Å². The molecule has 3 heterocycles. The molecule has 1 N–H and O–H groups in total. The predicted molar refractivity (Wildman–Crippen MR) is 88.3 cm³/mol. The van der Waals surface area contributed by atoms with Crippen LogP contribution in [0.4, 0.5) is 8.78 Å². The van der Waals surface area contributed by atoms with Gasteiger partial charge in [-0.1, -0.05) is 6.92 Å². The average Bonchev–Trinajstić information content (AvgIpc) is 3.04. The summed E-state index contributed by atoms with van der Waals surface area (Å²) in [5.74, 6) is -0.193. The molecule has 0 aliphatic heterocycles. The second kappa shape index (κ2) is 5.29. The van der Waals surface area contributed by atoms with Crippen molar-refractivity contribution in [1.82, 2.24) is 19.4 Å². The maximum atomic E-state index is 14.5. The molecule has 3 aromatic heterocycles. The van der Waals surface area contributed by atoms with Gasteiger partial charge in [0.25, 0.3) is 0 Å². The van der Waals surface area contributed by atoms with Crippen molar-refractivity contribution < 1.29 is 13.9 Å². The van der Waals surface area contributed by atoms with Crippen LogP contribution in [0, 0.1) is 5.82 Å². The minimum absolute atomic E-state index is 0.0205.